The van der Waals surface area contributed by atoms with Gasteiger partial charge in [-0.2, -0.15) is 4.31 Å². The van der Waals surface area contributed by atoms with Crippen molar-refractivity contribution in [2.45, 2.75) is 24.7 Å². The number of carbonyl (C=O) groups excluding carboxylic acids is 1. The minimum absolute atomic E-state index is 0.247. The molecule has 1 aliphatic heterocycles. The van der Waals surface area contributed by atoms with E-state index in [1.165, 1.54) is 4.31 Å². The van der Waals surface area contributed by atoms with Crippen molar-refractivity contribution in [3.63, 3.8) is 0 Å². The van der Waals surface area contributed by atoms with Crippen molar-refractivity contribution in [2.75, 3.05) is 19.6 Å². The lowest BCUT2D eigenvalue weighted by atomic mass is 9.97. The van der Waals surface area contributed by atoms with E-state index in [9.17, 15) is 18.0 Å². The number of amides is 1. The summed E-state index contributed by atoms with van der Waals surface area (Å²) >= 11 is 0. The van der Waals surface area contributed by atoms with E-state index in [-0.39, 0.29) is 29.8 Å². The lowest BCUT2D eigenvalue weighted by Gasteiger charge is -2.30. The Kier molecular flexibility index (Phi) is 5.38. The van der Waals surface area contributed by atoms with Gasteiger partial charge in [0, 0.05) is 19.0 Å². The molecule has 1 heterocycles. The van der Waals surface area contributed by atoms with Crippen molar-refractivity contribution >= 4 is 21.9 Å². The second-order valence-corrected chi connectivity index (χ2v) is 7.54. The first-order valence-corrected chi connectivity index (χ1v) is 8.81. The van der Waals surface area contributed by atoms with Crippen LogP contribution in [-0.4, -0.2) is 49.3 Å². The zero-order chi connectivity index (χ0) is 17.0. The number of carboxylic acids is 1. The van der Waals surface area contributed by atoms with Crippen LogP contribution in [0.15, 0.2) is 29.2 Å². The maximum atomic E-state index is 12.5. The molecule has 0 atom stereocenters. The van der Waals surface area contributed by atoms with Crippen molar-refractivity contribution in [1.29, 1.82) is 0 Å². The Morgan fingerprint density at radius 2 is 1.78 bits per heavy atom. The Morgan fingerprint density at radius 3 is 2.30 bits per heavy atom. The van der Waals surface area contributed by atoms with E-state index >= 15 is 0 Å². The number of carboxylic acid groups (broad SMARTS) is 1. The van der Waals surface area contributed by atoms with Crippen LogP contribution < -0.4 is 5.32 Å². The van der Waals surface area contributed by atoms with Crippen LogP contribution in [0.3, 0.4) is 0 Å². The molecule has 1 aromatic rings. The number of sulfonamides is 1. The highest BCUT2D eigenvalue weighted by molar-refractivity contribution is 7.89. The first kappa shape index (κ1) is 17.4. The predicted molar refractivity (Wildman–Crippen MR) is 83.3 cm³/mol. The number of hydrogen-bond acceptors (Lipinski definition) is 4. The molecule has 1 amide bonds. The molecule has 7 nitrogen and oxygen atoms in total. The molecule has 0 aliphatic carbocycles. The van der Waals surface area contributed by atoms with Crippen LogP contribution in [0.2, 0.25) is 0 Å². The molecule has 2 N–H and O–H groups in total. The lowest BCUT2D eigenvalue weighted by Crippen LogP contribution is -2.43. The number of hydrogen-bond donors (Lipinski definition) is 2. The second-order valence-electron chi connectivity index (χ2n) is 5.60. The zero-order valence-corrected chi connectivity index (χ0v) is 13.7. The summed E-state index contributed by atoms with van der Waals surface area (Å²) < 4.78 is 26.4. The molecule has 23 heavy (non-hydrogen) atoms. The summed E-state index contributed by atoms with van der Waals surface area (Å²) in [5.74, 6) is -1.78. The van der Waals surface area contributed by atoms with Crippen LogP contribution in [0.1, 0.15) is 18.4 Å². The largest absolute Gasteiger partial charge is 0.480 e. The van der Waals surface area contributed by atoms with Crippen LogP contribution in [0.25, 0.3) is 0 Å². The molecule has 0 saturated carbocycles. The number of nitrogens with zero attached hydrogens (tertiary/aromatic N) is 1. The fraction of sp³-hybridized carbons (Fsp3) is 0.467. The molecular formula is C15H20N2O5S. The molecule has 0 radical (unpaired) electrons. The highest BCUT2D eigenvalue weighted by Crippen LogP contribution is 2.24. The van der Waals surface area contributed by atoms with E-state index in [2.05, 4.69) is 5.32 Å². The van der Waals surface area contributed by atoms with E-state index in [0.717, 1.165) is 5.56 Å². The quantitative estimate of drug-likeness (QED) is 0.817. The average molecular weight is 340 g/mol. The summed E-state index contributed by atoms with van der Waals surface area (Å²) in [4.78, 5) is 22.5. The number of rotatable bonds is 5. The SMILES string of the molecule is Cc1ccc(S(=O)(=O)N2CCC(C(=O)NCC(=O)O)CC2)cc1. The summed E-state index contributed by atoms with van der Waals surface area (Å²) in [5.41, 5.74) is 0.984. The van der Waals surface area contributed by atoms with Gasteiger partial charge in [-0.25, -0.2) is 8.42 Å². The third kappa shape index (κ3) is 4.29. The first-order chi connectivity index (χ1) is 10.8. The first-order valence-electron chi connectivity index (χ1n) is 7.37. The third-order valence-electron chi connectivity index (χ3n) is 3.90. The number of aliphatic carboxylic acids is 1. The fourth-order valence-electron chi connectivity index (χ4n) is 2.52. The van der Waals surface area contributed by atoms with E-state index in [0.29, 0.717) is 12.8 Å². The Hall–Kier alpha value is -1.93. The zero-order valence-electron chi connectivity index (χ0n) is 12.9. The maximum Gasteiger partial charge on any atom is 0.322 e. The minimum Gasteiger partial charge on any atom is -0.480 e. The smallest absolute Gasteiger partial charge is 0.322 e. The molecule has 0 spiro atoms. The maximum absolute atomic E-state index is 12.5. The van der Waals surface area contributed by atoms with Gasteiger partial charge in [0.05, 0.1) is 4.90 Å². The van der Waals surface area contributed by atoms with Gasteiger partial charge in [0.25, 0.3) is 0 Å². The van der Waals surface area contributed by atoms with Crippen LogP contribution in [0.4, 0.5) is 0 Å². The van der Waals surface area contributed by atoms with Gasteiger partial charge in [-0.1, -0.05) is 17.7 Å². The summed E-state index contributed by atoms with van der Waals surface area (Å²) in [6, 6.07) is 6.66. The summed E-state index contributed by atoms with van der Waals surface area (Å²) in [6.07, 6.45) is 0.771. The van der Waals surface area contributed by atoms with Gasteiger partial charge in [-0.3, -0.25) is 9.59 Å². The molecule has 1 aliphatic rings. The highest BCUT2D eigenvalue weighted by atomic mass is 32.2. The molecule has 8 heteroatoms. The number of piperidine rings is 1. The van der Waals surface area contributed by atoms with Gasteiger partial charge in [-0.05, 0) is 31.9 Å². The van der Waals surface area contributed by atoms with Crippen molar-refractivity contribution in [2.24, 2.45) is 5.92 Å². The van der Waals surface area contributed by atoms with Gasteiger partial charge < -0.3 is 10.4 Å². The van der Waals surface area contributed by atoms with E-state index < -0.39 is 22.5 Å². The summed E-state index contributed by atoms with van der Waals surface area (Å²) in [7, 11) is -3.55. The lowest BCUT2D eigenvalue weighted by molar-refractivity contribution is -0.138. The molecule has 0 unspecified atom stereocenters. The van der Waals surface area contributed by atoms with Crippen molar-refractivity contribution in [3.8, 4) is 0 Å². The highest BCUT2D eigenvalue weighted by Gasteiger charge is 2.32. The van der Waals surface area contributed by atoms with E-state index in [4.69, 9.17) is 5.11 Å². The Labute approximate surface area is 135 Å². The predicted octanol–water partition coefficient (Wildman–Crippen LogP) is 0.597. The Bertz CT molecular complexity index is 676. The molecule has 126 valence electrons. The monoisotopic (exact) mass is 340 g/mol. The Morgan fingerprint density at radius 1 is 1.22 bits per heavy atom. The summed E-state index contributed by atoms with van der Waals surface area (Å²) in [6.45, 7) is 1.97. The van der Waals surface area contributed by atoms with Gasteiger partial charge in [0.1, 0.15) is 6.54 Å². The molecular weight excluding hydrogens is 320 g/mol. The van der Waals surface area contributed by atoms with Crippen LogP contribution >= 0.6 is 0 Å². The van der Waals surface area contributed by atoms with Gasteiger partial charge in [0.15, 0.2) is 0 Å². The summed E-state index contributed by atoms with van der Waals surface area (Å²) in [5, 5.41) is 10.9. The standard InChI is InChI=1S/C15H20N2O5S/c1-11-2-4-13(5-3-11)23(21,22)17-8-6-12(7-9-17)15(20)16-10-14(18)19/h2-5,12H,6-10H2,1H3,(H,16,20)(H,18,19). The fourth-order valence-corrected chi connectivity index (χ4v) is 3.99. The molecule has 0 bridgehead atoms. The van der Waals surface area contributed by atoms with Gasteiger partial charge in [0.2, 0.25) is 15.9 Å². The van der Waals surface area contributed by atoms with Crippen LogP contribution in [0.5, 0.6) is 0 Å². The number of carbonyl (C=O) groups is 2. The van der Waals surface area contributed by atoms with Gasteiger partial charge in [-0.15, -0.1) is 0 Å². The second kappa shape index (κ2) is 7.10. The van der Waals surface area contributed by atoms with Crippen molar-refractivity contribution in [3.05, 3.63) is 29.8 Å². The number of aryl methyl sites for hydroxylation is 1. The molecule has 1 fully saturated rings. The molecule has 0 aromatic heterocycles. The van der Waals surface area contributed by atoms with Crippen LogP contribution in [0, 0.1) is 12.8 Å². The molecule has 1 aromatic carbocycles. The van der Waals surface area contributed by atoms with E-state index in [1.807, 2.05) is 6.92 Å². The third-order valence-corrected chi connectivity index (χ3v) is 5.81. The Balaban J connectivity index is 1.97. The van der Waals surface area contributed by atoms with Crippen molar-refractivity contribution < 1.29 is 23.1 Å². The average Bonchev–Trinajstić information content (AvgIpc) is 2.53. The normalized spacial score (nSPS) is 16.9. The van der Waals surface area contributed by atoms with Gasteiger partial charge >= 0.3 is 5.97 Å². The number of benzene rings is 1. The minimum atomic E-state index is -3.55. The van der Waals surface area contributed by atoms with E-state index in [1.54, 1.807) is 24.3 Å². The van der Waals surface area contributed by atoms with Crippen LogP contribution in [-0.2, 0) is 19.6 Å². The topological polar surface area (TPSA) is 104 Å². The molecule has 1 saturated heterocycles. The number of nitrogens with one attached hydrogen (secondary N) is 1. The van der Waals surface area contributed by atoms with Crippen molar-refractivity contribution in [1.82, 2.24) is 9.62 Å². The molecule has 2 rings (SSSR count).